The molecule has 3 atom stereocenters. The molecule has 1 saturated heterocycles. The fourth-order valence-corrected chi connectivity index (χ4v) is 4.86. The van der Waals surface area contributed by atoms with Crippen molar-refractivity contribution in [2.75, 3.05) is 31.2 Å². The van der Waals surface area contributed by atoms with Crippen molar-refractivity contribution in [3.05, 3.63) is 76.5 Å². The summed E-state index contributed by atoms with van der Waals surface area (Å²) in [5.41, 5.74) is 4.08. The lowest BCUT2D eigenvalue weighted by molar-refractivity contribution is -0.119. The Morgan fingerprint density at radius 3 is 2.13 bits per heavy atom. The van der Waals surface area contributed by atoms with Crippen molar-refractivity contribution in [1.82, 2.24) is 15.3 Å². The van der Waals surface area contributed by atoms with E-state index in [1.54, 1.807) is 30.5 Å². The Morgan fingerprint density at radius 2 is 1.62 bits per heavy atom. The Labute approximate surface area is 265 Å². The maximum absolute atomic E-state index is 14.8. The van der Waals surface area contributed by atoms with Crippen LogP contribution in [-0.4, -0.2) is 88.2 Å². The number of hydrogen-bond acceptors (Lipinski definition) is 11. The van der Waals surface area contributed by atoms with Crippen LogP contribution in [0, 0.1) is 5.82 Å². The van der Waals surface area contributed by atoms with Crippen LogP contribution in [0.5, 0.6) is 0 Å². The molecule has 1 aromatic carbocycles. The second kappa shape index (κ2) is 14.5. The number of aliphatic hydroxyl groups excluding tert-OH is 2. The van der Waals surface area contributed by atoms with Crippen molar-refractivity contribution in [3.8, 4) is 11.1 Å². The molecule has 2 aromatic heterocycles. The number of halogens is 2. The fourth-order valence-electron chi connectivity index (χ4n) is 4.63. The molecule has 6 rings (SSSR count). The lowest BCUT2D eigenvalue weighted by Gasteiger charge is -2.14. The number of benzene rings is 1. The monoisotopic (exact) mass is 684 g/mol. The van der Waals surface area contributed by atoms with Gasteiger partial charge in [0.2, 0.25) is 5.91 Å². The van der Waals surface area contributed by atoms with Gasteiger partial charge < -0.3 is 29.9 Å². The minimum absolute atomic E-state index is 0.0104. The molecular weight excluding hydrogens is 655 g/mol. The number of oxime groups is 2. The van der Waals surface area contributed by atoms with Gasteiger partial charge in [-0.2, -0.15) is 0 Å². The van der Waals surface area contributed by atoms with Gasteiger partial charge in [-0.3, -0.25) is 19.7 Å². The van der Waals surface area contributed by atoms with Gasteiger partial charge >= 0.3 is 6.09 Å². The third-order valence-corrected chi connectivity index (χ3v) is 7.45. The summed E-state index contributed by atoms with van der Waals surface area (Å²) < 4.78 is 21.0. The number of pyridine rings is 2. The summed E-state index contributed by atoms with van der Waals surface area (Å²) in [6.45, 7) is 1.66. The van der Waals surface area contributed by atoms with Crippen molar-refractivity contribution in [1.29, 1.82) is 0 Å². The molecule has 0 unspecified atom stereocenters. The van der Waals surface area contributed by atoms with Crippen LogP contribution >= 0.6 is 15.9 Å². The topological polar surface area (TPSA) is 168 Å². The van der Waals surface area contributed by atoms with Gasteiger partial charge in [0.1, 0.15) is 23.3 Å². The number of anilines is 1. The summed E-state index contributed by atoms with van der Waals surface area (Å²) in [4.78, 5) is 43.1. The molecule has 0 saturated carbocycles. The first-order valence-corrected chi connectivity index (χ1v) is 14.8. The zero-order chi connectivity index (χ0) is 31.9. The van der Waals surface area contributed by atoms with Crippen molar-refractivity contribution in [3.63, 3.8) is 0 Å². The number of carbonyl (C=O) groups is 2. The van der Waals surface area contributed by atoms with Gasteiger partial charge in [0.15, 0.2) is 12.2 Å². The van der Waals surface area contributed by atoms with Gasteiger partial charge in [0.25, 0.3) is 0 Å². The summed E-state index contributed by atoms with van der Waals surface area (Å²) in [5, 5.41) is 28.4. The van der Waals surface area contributed by atoms with E-state index in [1.165, 1.54) is 24.1 Å². The standard InChI is InChI=1S/C21H21FN4O5.C9H9BrN2O2/c1-12(28)23-9-16-10-26(21(29)30-16)14-3-4-17(18(22)6-14)13-2-5-19(24-8-13)20-7-15(11-27)31-25-20;10-6-1-2-8(11-4-6)9-3-7(5-13)14-12-9/h2-6,8,15-16,27H,7,9-11H2,1H3,(H,23,28);1-2,4,7,13H,3,5H2/t15-,16+;7-/m11/s1. The highest BCUT2D eigenvalue weighted by Crippen LogP contribution is 2.29. The maximum atomic E-state index is 14.8. The first kappa shape index (κ1) is 31.9. The minimum Gasteiger partial charge on any atom is -0.442 e. The average Bonchev–Trinajstić information content (AvgIpc) is 3.81. The van der Waals surface area contributed by atoms with E-state index in [4.69, 9.17) is 24.6 Å². The Bertz CT molecular complexity index is 1590. The first-order valence-electron chi connectivity index (χ1n) is 14.0. The molecule has 3 aromatic rings. The molecule has 0 radical (unpaired) electrons. The van der Waals surface area contributed by atoms with Crippen molar-refractivity contribution < 1.29 is 38.6 Å². The molecule has 13 nitrogen and oxygen atoms in total. The van der Waals surface area contributed by atoms with Crippen molar-refractivity contribution >= 4 is 45.0 Å². The Balaban J connectivity index is 0.000000238. The number of hydrogen-bond donors (Lipinski definition) is 3. The molecule has 2 amide bonds. The number of ether oxygens (including phenoxy) is 1. The highest BCUT2D eigenvalue weighted by molar-refractivity contribution is 9.10. The van der Waals surface area contributed by atoms with E-state index >= 15 is 0 Å². The number of aliphatic hydroxyl groups is 2. The van der Waals surface area contributed by atoms with Crippen LogP contribution in [0.15, 0.2) is 69.6 Å². The molecule has 0 spiro atoms. The lowest BCUT2D eigenvalue weighted by atomic mass is 10.0. The quantitative estimate of drug-likeness (QED) is 0.323. The normalized spacial score (nSPS) is 20.3. The SMILES string of the molecule is CC(=O)NC[C@H]1CN(c2ccc(-c3ccc(C4=NO[C@@H](CO)C4)nc3)c(F)c2)C(=O)O1.OC[C@H]1CC(c2ccc(Br)cn2)=NO1. The largest absolute Gasteiger partial charge is 0.442 e. The third kappa shape index (κ3) is 7.98. The van der Waals surface area contributed by atoms with Crippen LogP contribution in [0.3, 0.4) is 0 Å². The molecule has 236 valence electrons. The van der Waals surface area contributed by atoms with E-state index in [0.717, 1.165) is 15.9 Å². The Morgan fingerprint density at radius 1 is 0.978 bits per heavy atom. The predicted octanol–water partition coefficient (Wildman–Crippen LogP) is 3.16. The summed E-state index contributed by atoms with van der Waals surface area (Å²) in [7, 11) is 0. The van der Waals surface area contributed by atoms with Crippen LogP contribution in [0.1, 0.15) is 31.2 Å². The molecule has 5 heterocycles. The Hall–Kier alpha value is -4.47. The number of cyclic esters (lactones) is 1. The molecule has 3 aliphatic heterocycles. The second-order valence-corrected chi connectivity index (χ2v) is 11.2. The van der Waals surface area contributed by atoms with E-state index in [-0.39, 0.29) is 44.4 Å². The smallest absolute Gasteiger partial charge is 0.414 e. The zero-order valence-corrected chi connectivity index (χ0v) is 25.7. The van der Waals surface area contributed by atoms with Crippen LogP contribution in [-0.2, 0) is 19.2 Å². The zero-order valence-electron chi connectivity index (χ0n) is 24.1. The highest BCUT2D eigenvalue weighted by atomic mass is 79.9. The van der Waals surface area contributed by atoms with E-state index in [1.807, 2.05) is 12.1 Å². The van der Waals surface area contributed by atoms with Crippen molar-refractivity contribution in [2.45, 2.75) is 38.1 Å². The molecule has 3 N–H and O–H groups in total. The van der Waals surface area contributed by atoms with Crippen LogP contribution in [0.25, 0.3) is 11.1 Å². The first-order chi connectivity index (χ1) is 21.7. The summed E-state index contributed by atoms with van der Waals surface area (Å²) in [6.07, 6.45) is 2.66. The highest BCUT2D eigenvalue weighted by Gasteiger charge is 2.33. The van der Waals surface area contributed by atoms with Gasteiger partial charge in [-0.05, 0) is 52.3 Å². The summed E-state index contributed by atoms with van der Waals surface area (Å²) in [5.74, 6) is -0.725. The molecular formula is C30H30BrFN6O7. The third-order valence-electron chi connectivity index (χ3n) is 6.98. The van der Waals surface area contributed by atoms with Gasteiger partial charge in [-0.1, -0.05) is 16.4 Å². The molecule has 45 heavy (non-hydrogen) atoms. The van der Waals surface area contributed by atoms with E-state index in [2.05, 4.69) is 41.5 Å². The van der Waals surface area contributed by atoms with Crippen LogP contribution in [0.2, 0.25) is 0 Å². The lowest BCUT2D eigenvalue weighted by Crippen LogP contribution is -2.33. The number of rotatable bonds is 8. The van der Waals surface area contributed by atoms with Crippen LogP contribution < -0.4 is 10.2 Å². The molecule has 0 bridgehead atoms. The van der Waals surface area contributed by atoms with Crippen LogP contribution in [0.4, 0.5) is 14.9 Å². The fraction of sp³-hybridized carbons (Fsp3) is 0.333. The predicted molar refractivity (Wildman–Crippen MR) is 164 cm³/mol. The second-order valence-electron chi connectivity index (χ2n) is 10.3. The molecule has 3 aliphatic rings. The Kier molecular flexibility index (Phi) is 10.3. The van der Waals surface area contributed by atoms with E-state index < -0.39 is 18.0 Å². The number of nitrogens with zero attached hydrogens (tertiary/aromatic N) is 5. The van der Waals surface area contributed by atoms with Gasteiger partial charge in [-0.15, -0.1) is 0 Å². The van der Waals surface area contributed by atoms with E-state index in [9.17, 15) is 14.0 Å². The molecule has 0 aliphatic carbocycles. The van der Waals surface area contributed by atoms with Crippen molar-refractivity contribution in [2.24, 2.45) is 10.3 Å². The van der Waals surface area contributed by atoms with Gasteiger partial charge in [0.05, 0.1) is 43.4 Å². The molecule has 1 fully saturated rings. The number of aromatic nitrogens is 2. The number of nitrogens with one attached hydrogen (secondary N) is 1. The number of carbonyl (C=O) groups excluding carboxylic acids is 2. The minimum atomic E-state index is -0.589. The average molecular weight is 686 g/mol. The summed E-state index contributed by atoms with van der Waals surface area (Å²) >= 11 is 3.31. The summed E-state index contributed by atoms with van der Waals surface area (Å²) in [6, 6.07) is 11.7. The maximum Gasteiger partial charge on any atom is 0.414 e. The number of amides is 2. The van der Waals surface area contributed by atoms with E-state index in [0.29, 0.717) is 41.1 Å². The van der Waals surface area contributed by atoms with Gasteiger partial charge in [-0.25, -0.2) is 9.18 Å². The molecule has 15 heteroatoms. The van der Waals surface area contributed by atoms with Gasteiger partial charge in [0, 0.05) is 47.8 Å².